The fraction of sp³-hybridized carbons (Fsp3) is 0.444. The molecule has 5 nitrogen and oxygen atoms in total. The van der Waals surface area contributed by atoms with Crippen molar-refractivity contribution in [1.29, 1.82) is 0 Å². The van der Waals surface area contributed by atoms with E-state index in [0.29, 0.717) is 12.6 Å². The van der Waals surface area contributed by atoms with Gasteiger partial charge in [0.1, 0.15) is 5.82 Å². The Balaban J connectivity index is 2.21. The van der Waals surface area contributed by atoms with Crippen LogP contribution in [0.3, 0.4) is 0 Å². The smallest absolute Gasteiger partial charge is 0.228 e. The minimum atomic E-state index is 0.309. The maximum atomic E-state index is 5.07. The molecule has 0 aliphatic rings. The van der Waals surface area contributed by atoms with Gasteiger partial charge in [0, 0.05) is 38.0 Å². The molecular weight excluding hydrogens is 288 g/mol. The summed E-state index contributed by atoms with van der Waals surface area (Å²) in [5, 5.41) is 3.28. The minimum absolute atomic E-state index is 0.309. The van der Waals surface area contributed by atoms with Crippen LogP contribution in [0.5, 0.6) is 0 Å². The molecule has 2 rings (SSSR count). The van der Waals surface area contributed by atoms with E-state index in [-0.39, 0.29) is 0 Å². The van der Waals surface area contributed by atoms with E-state index in [1.165, 1.54) is 5.56 Å². The number of hydrogen-bond acceptors (Lipinski definition) is 5. The van der Waals surface area contributed by atoms with E-state index in [2.05, 4.69) is 58.3 Å². The number of nitrogens with zero attached hydrogens (tertiary/aromatic N) is 3. The van der Waals surface area contributed by atoms with Crippen molar-refractivity contribution in [3.63, 3.8) is 0 Å². The second kappa shape index (κ2) is 8.48. The number of anilines is 2. The van der Waals surface area contributed by atoms with Gasteiger partial charge in [-0.2, -0.15) is 4.98 Å². The second-order valence-electron chi connectivity index (χ2n) is 5.82. The average Bonchev–Trinajstić information content (AvgIpc) is 2.53. The maximum Gasteiger partial charge on any atom is 0.228 e. The van der Waals surface area contributed by atoms with Crippen LogP contribution in [0.1, 0.15) is 25.1 Å². The van der Waals surface area contributed by atoms with Gasteiger partial charge in [-0.15, -0.1) is 0 Å². The Labute approximate surface area is 138 Å². The summed E-state index contributed by atoms with van der Waals surface area (Å²) in [6.07, 6.45) is 0. The third-order valence-electron chi connectivity index (χ3n) is 3.53. The molecule has 0 aliphatic heterocycles. The zero-order chi connectivity index (χ0) is 16.7. The summed E-state index contributed by atoms with van der Waals surface area (Å²) in [6.45, 7) is 8.48. The normalized spacial score (nSPS) is 10.8. The van der Waals surface area contributed by atoms with Crippen LogP contribution in [-0.4, -0.2) is 36.3 Å². The molecule has 0 saturated heterocycles. The van der Waals surface area contributed by atoms with Crippen LogP contribution in [0.15, 0.2) is 36.4 Å². The van der Waals surface area contributed by atoms with Gasteiger partial charge >= 0.3 is 0 Å². The van der Waals surface area contributed by atoms with E-state index < -0.39 is 0 Å². The number of methoxy groups -OCH3 is 1. The summed E-state index contributed by atoms with van der Waals surface area (Å²) in [7, 11) is 1.69. The Hall–Kier alpha value is -2.14. The van der Waals surface area contributed by atoms with Gasteiger partial charge in [0.15, 0.2) is 0 Å². The summed E-state index contributed by atoms with van der Waals surface area (Å²) in [6, 6.07) is 12.7. The highest BCUT2D eigenvalue weighted by molar-refractivity contribution is 5.44. The lowest BCUT2D eigenvalue weighted by atomic mass is 10.2. The molecular formula is C18H26N4O. The van der Waals surface area contributed by atoms with Gasteiger partial charge in [-0.05, 0) is 26.3 Å². The first-order valence-corrected chi connectivity index (χ1v) is 7.99. The van der Waals surface area contributed by atoms with Crippen molar-refractivity contribution >= 4 is 11.8 Å². The second-order valence-corrected chi connectivity index (χ2v) is 5.82. The predicted molar refractivity (Wildman–Crippen MR) is 94.9 cm³/mol. The molecule has 1 aromatic heterocycles. The van der Waals surface area contributed by atoms with Crippen molar-refractivity contribution in [1.82, 2.24) is 9.97 Å². The Morgan fingerprint density at radius 3 is 2.57 bits per heavy atom. The molecule has 1 heterocycles. The highest BCUT2D eigenvalue weighted by atomic mass is 16.5. The van der Waals surface area contributed by atoms with Crippen LogP contribution in [0.2, 0.25) is 0 Å². The zero-order valence-corrected chi connectivity index (χ0v) is 14.4. The lowest BCUT2D eigenvalue weighted by Crippen LogP contribution is -2.32. The number of hydrogen-bond donors (Lipinski definition) is 1. The lowest BCUT2D eigenvalue weighted by molar-refractivity contribution is 0.210. The Bertz CT molecular complexity index is 601. The van der Waals surface area contributed by atoms with Crippen LogP contribution >= 0.6 is 0 Å². The number of nitrogens with one attached hydrogen (secondary N) is 1. The van der Waals surface area contributed by atoms with E-state index in [1.807, 2.05) is 19.1 Å². The zero-order valence-electron chi connectivity index (χ0n) is 14.4. The van der Waals surface area contributed by atoms with Crippen LogP contribution in [-0.2, 0) is 11.3 Å². The Kier molecular flexibility index (Phi) is 6.35. The van der Waals surface area contributed by atoms with Crippen LogP contribution in [0, 0.1) is 6.92 Å². The minimum Gasteiger partial charge on any atom is -0.383 e. The number of benzene rings is 1. The summed E-state index contributed by atoms with van der Waals surface area (Å²) >= 11 is 0. The van der Waals surface area contributed by atoms with Gasteiger partial charge in [-0.25, -0.2) is 4.98 Å². The summed E-state index contributed by atoms with van der Waals surface area (Å²) in [5.74, 6) is 1.59. The molecule has 5 heteroatoms. The molecule has 0 saturated carbocycles. The molecule has 0 aliphatic carbocycles. The van der Waals surface area contributed by atoms with E-state index in [1.54, 1.807) is 7.11 Å². The van der Waals surface area contributed by atoms with E-state index in [0.717, 1.165) is 30.5 Å². The maximum absolute atomic E-state index is 5.07. The number of aryl methyl sites for hydroxylation is 1. The average molecular weight is 314 g/mol. The first-order valence-electron chi connectivity index (χ1n) is 7.99. The van der Waals surface area contributed by atoms with Crippen molar-refractivity contribution in [2.45, 2.75) is 33.4 Å². The molecule has 0 radical (unpaired) electrons. The quantitative estimate of drug-likeness (QED) is 0.758. The predicted octanol–water partition coefficient (Wildman–Crippen LogP) is 3.26. The fourth-order valence-corrected chi connectivity index (χ4v) is 2.32. The Morgan fingerprint density at radius 1 is 1.17 bits per heavy atom. The molecule has 1 aromatic carbocycles. The molecule has 2 aromatic rings. The molecule has 0 bridgehead atoms. The molecule has 124 valence electrons. The molecule has 23 heavy (non-hydrogen) atoms. The van der Waals surface area contributed by atoms with Gasteiger partial charge in [0.25, 0.3) is 0 Å². The van der Waals surface area contributed by atoms with Crippen molar-refractivity contribution < 1.29 is 4.74 Å². The number of rotatable bonds is 8. The first-order chi connectivity index (χ1) is 11.1. The molecule has 0 unspecified atom stereocenters. The van der Waals surface area contributed by atoms with Crippen molar-refractivity contribution in [2.75, 3.05) is 30.5 Å². The van der Waals surface area contributed by atoms with Gasteiger partial charge in [0.05, 0.1) is 6.61 Å². The van der Waals surface area contributed by atoms with Crippen LogP contribution in [0.25, 0.3) is 0 Å². The molecule has 1 N–H and O–H groups in total. The van der Waals surface area contributed by atoms with Crippen LogP contribution < -0.4 is 10.2 Å². The summed E-state index contributed by atoms with van der Waals surface area (Å²) in [4.78, 5) is 11.5. The highest BCUT2D eigenvalue weighted by Gasteiger charge is 2.15. The van der Waals surface area contributed by atoms with Gasteiger partial charge < -0.3 is 15.0 Å². The Morgan fingerprint density at radius 2 is 1.91 bits per heavy atom. The molecule has 0 amide bonds. The third-order valence-corrected chi connectivity index (χ3v) is 3.53. The summed E-state index contributed by atoms with van der Waals surface area (Å²) < 4.78 is 5.07. The first kappa shape index (κ1) is 17.2. The van der Waals surface area contributed by atoms with Gasteiger partial charge in [-0.1, -0.05) is 30.3 Å². The van der Waals surface area contributed by atoms with Gasteiger partial charge in [0.2, 0.25) is 5.95 Å². The third kappa shape index (κ3) is 5.21. The lowest BCUT2D eigenvalue weighted by Gasteiger charge is -2.27. The SMILES string of the molecule is COCCNc1cc(C)nc(N(Cc2ccccc2)C(C)C)n1. The van der Waals surface area contributed by atoms with E-state index in [4.69, 9.17) is 4.74 Å². The standard InChI is InChI=1S/C18H26N4O/c1-14(2)22(13-16-8-6-5-7-9-16)18-20-15(3)12-17(21-18)19-10-11-23-4/h5-9,12,14H,10-11,13H2,1-4H3,(H,19,20,21). The molecule has 0 fully saturated rings. The van der Waals surface area contributed by atoms with E-state index in [9.17, 15) is 0 Å². The number of aromatic nitrogens is 2. The van der Waals surface area contributed by atoms with Crippen molar-refractivity contribution in [3.8, 4) is 0 Å². The van der Waals surface area contributed by atoms with Gasteiger partial charge in [-0.3, -0.25) is 0 Å². The topological polar surface area (TPSA) is 50.3 Å². The monoisotopic (exact) mass is 314 g/mol. The molecule has 0 atom stereocenters. The largest absolute Gasteiger partial charge is 0.383 e. The fourth-order valence-electron chi connectivity index (χ4n) is 2.32. The van der Waals surface area contributed by atoms with Crippen LogP contribution in [0.4, 0.5) is 11.8 Å². The van der Waals surface area contributed by atoms with Crippen molar-refractivity contribution in [3.05, 3.63) is 47.7 Å². The highest BCUT2D eigenvalue weighted by Crippen LogP contribution is 2.19. The van der Waals surface area contributed by atoms with Crippen molar-refractivity contribution in [2.24, 2.45) is 0 Å². The van der Waals surface area contributed by atoms with E-state index >= 15 is 0 Å². The summed E-state index contributed by atoms with van der Waals surface area (Å²) in [5.41, 5.74) is 2.20. The molecule has 0 spiro atoms. The number of ether oxygens (including phenoxy) is 1.